The zero-order valence-corrected chi connectivity index (χ0v) is 15.8. The second-order valence-electron chi connectivity index (χ2n) is 7.15. The van der Waals surface area contributed by atoms with Crippen molar-refractivity contribution in [1.29, 1.82) is 0 Å². The highest BCUT2D eigenvalue weighted by atomic mass is 32.1. The molecule has 0 radical (unpaired) electrons. The monoisotopic (exact) mass is 348 g/mol. The Morgan fingerprint density at radius 3 is 2.71 bits per heavy atom. The number of piperidine rings is 1. The van der Waals surface area contributed by atoms with Crippen LogP contribution in [0.4, 0.5) is 5.00 Å². The number of aliphatic imine (C=N–C) groups is 1. The highest BCUT2D eigenvalue weighted by molar-refractivity contribution is 7.14. The van der Waals surface area contributed by atoms with Crippen LogP contribution in [0.5, 0.6) is 0 Å². The lowest BCUT2D eigenvalue weighted by Gasteiger charge is -2.33. The van der Waals surface area contributed by atoms with E-state index < -0.39 is 0 Å². The standard InChI is InChI=1S/C19H32N4S/c1-20-19(21-12-4-8-16-6-2-3-7-16)22-17-10-13-23(14-11-17)18-9-5-15-24-18/h5,9,15-17H,2-4,6-8,10-14H2,1H3,(H2,20,21,22). The van der Waals surface area contributed by atoms with Crippen LogP contribution < -0.4 is 15.5 Å². The molecular weight excluding hydrogens is 316 g/mol. The third-order valence-corrected chi connectivity index (χ3v) is 6.36. The van der Waals surface area contributed by atoms with Gasteiger partial charge in [0.25, 0.3) is 0 Å². The van der Waals surface area contributed by atoms with Gasteiger partial charge in [0, 0.05) is 32.7 Å². The average Bonchev–Trinajstić information content (AvgIpc) is 3.31. The van der Waals surface area contributed by atoms with E-state index in [2.05, 4.69) is 38.0 Å². The van der Waals surface area contributed by atoms with Crippen LogP contribution in [0.1, 0.15) is 51.4 Å². The molecule has 0 bridgehead atoms. The highest BCUT2D eigenvalue weighted by Gasteiger charge is 2.20. The topological polar surface area (TPSA) is 39.7 Å². The summed E-state index contributed by atoms with van der Waals surface area (Å²) >= 11 is 1.84. The Hall–Kier alpha value is -1.23. The summed E-state index contributed by atoms with van der Waals surface area (Å²) in [7, 11) is 1.88. The van der Waals surface area contributed by atoms with Crippen molar-refractivity contribution >= 4 is 22.3 Å². The summed E-state index contributed by atoms with van der Waals surface area (Å²) < 4.78 is 0. The number of hydrogen-bond acceptors (Lipinski definition) is 3. The lowest BCUT2D eigenvalue weighted by atomic mass is 10.0. The van der Waals surface area contributed by atoms with Crippen molar-refractivity contribution in [3.63, 3.8) is 0 Å². The Bertz CT molecular complexity index is 485. The van der Waals surface area contributed by atoms with Gasteiger partial charge in [-0.2, -0.15) is 0 Å². The Kier molecular flexibility index (Phi) is 6.82. The molecule has 134 valence electrons. The van der Waals surface area contributed by atoms with Gasteiger partial charge in [0.2, 0.25) is 0 Å². The summed E-state index contributed by atoms with van der Waals surface area (Å²) in [6.45, 7) is 3.32. The number of hydrogen-bond donors (Lipinski definition) is 2. The smallest absolute Gasteiger partial charge is 0.191 e. The van der Waals surface area contributed by atoms with Gasteiger partial charge >= 0.3 is 0 Å². The van der Waals surface area contributed by atoms with Crippen LogP contribution >= 0.6 is 11.3 Å². The van der Waals surface area contributed by atoms with Crippen molar-refractivity contribution in [2.75, 3.05) is 31.6 Å². The maximum Gasteiger partial charge on any atom is 0.191 e. The first-order valence-electron chi connectivity index (χ1n) is 9.61. The fourth-order valence-corrected chi connectivity index (χ4v) is 4.76. The molecule has 2 fully saturated rings. The van der Waals surface area contributed by atoms with Crippen molar-refractivity contribution in [2.45, 2.75) is 57.4 Å². The summed E-state index contributed by atoms with van der Waals surface area (Å²) in [5.74, 6) is 1.97. The Labute approximate surface area is 150 Å². The van der Waals surface area contributed by atoms with Crippen LogP contribution in [-0.2, 0) is 0 Å². The van der Waals surface area contributed by atoms with Crippen LogP contribution in [0.25, 0.3) is 0 Å². The van der Waals surface area contributed by atoms with Gasteiger partial charge in [-0.1, -0.05) is 25.7 Å². The second kappa shape index (κ2) is 9.30. The Morgan fingerprint density at radius 2 is 2.04 bits per heavy atom. The first-order valence-corrected chi connectivity index (χ1v) is 10.5. The molecule has 1 aromatic heterocycles. The van der Waals surface area contributed by atoms with E-state index in [-0.39, 0.29) is 0 Å². The molecule has 5 heteroatoms. The lowest BCUT2D eigenvalue weighted by Crippen LogP contribution is -2.48. The number of nitrogens with zero attached hydrogens (tertiary/aromatic N) is 2. The van der Waals surface area contributed by atoms with Gasteiger partial charge in [0.1, 0.15) is 0 Å². The largest absolute Gasteiger partial charge is 0.363 e. The molecule has 3 rings (SSSR count). The molecule has 0 aromatic carbocycles. The van der Waals surface area contributed by atoms with E-state index in [4.69, 9.17) is 0 Å². The van der Waals surface area contributed by atoms with Gasteiger partial charge in [-0.25, -0.2) is 0 Å². The van der Waals surface area contributed by atoms with Crippen LogP contribution in [-0.4, -0.2) is 38.7 Å². The first-order chi connectivity index (χ1) is 11.8. The Morgan fingerprint density at radius 1 is 1.25 bits per heavy atom. The van der Waals surface area contributed by atoms with E-state index in [1.807, 2.05) is 18.4 Å². The zero-order chi connectivity index (χ0) is 16.6. The third-order valence-electron chi connectivity index (χ3n) is 5.43. The summed E-state index contributed by atoms with van der Waals surface area (Å²) in [5.41, 5.74) is 0. The van der Waals surface area contributed by atoms with E-state index >= 15 is 0 Å². The van der Waals surface area contributed by atoms with Crippen LogP contribution in [0.15, 0.2) is 22.5 Å². The van der Waals surface area contributed by atoms with Gasteiger partial charge in [0.05, 0.1) is 5.00 Å². The summed E-state index contributed by atoms with van der Waals surface area (Å²) in [6.07, 6.45) is 10.8. The van der Waals surface area contributed by atoms with E-state index in [0.29, 0.717) is 6.04 Å². The van der Waals surface area contributed by atoms with Gasteiger partial charge in [-0.15, -0.1) is 11.3 Å². The Balaban J connectivity index is 1.32. The molecule has 2 heterocycles. The van der Waals surface area contributed by atoms with Gasteiger partial charge in [-0.05, 0) is 49.1 Å². The van der Waals surface area contributed by atoms with Gasteiger partial charge in [0.15, 0.2) is 5.96 Å². The molecule has 2 N–H and O–H groups in total. The molecule has 1 aliphatic heterocycles. The molecule has 0 unspecified atom stereocenters. The van der Waals surface area contributed by atoms with Crippen molar-refractivity contribution in [1.82, 2.24) is 10.6 Å². The number of nitrogens with one attached hydrogen (secondary N) is 2. The van der Waals surface area contributed by atoms with Crippen LogP contribution in [0.3, 0.4) is 0 Å². The van der Waals surface area contributed by atoms with Crippen LogP contribution in [0, 0.1) is 5.92 Å². The van der Waals surface area contributed by atoms with Crippen molar-refractivity contribution in [3.8, 4) is 0 Å². The highest BCUT2D eigenvalue weighted by Crippen LogP contribution is 2.28. The SMILES string of the molecule is CN=C(NCCCC1CCCC1)NC1CCN(c2cccs2)CC1. The molecule has 1 saturated carbocycles. The van der Waals surface area contributed by atoms with E-state index in [1.165, 1.54) is 56.4 Å². The maximum atomic E-state index is 4.40. The van der Waals surface area contributed by atoms with Gasteiger partial charge in [-0.3, -0.25) is 4.99 Å². The van der Waals surface area contributed by atoms with Crippen molar-refractivity contribution in [3.05, 3.63) is 17.5 Å². The normalized spacial score (nSPS) is 20.5. The fraction of sp³-hybridized carbons (Fsp3) is 0.737. The predicted octanol–water partition coefficient (Wildman–Crippen LogP) is 3.85. The molecule has 4 nitrogen and oxygen atoms in total. The van der Waals surface area contributed by atoms with E-state index in [9.17, 15) is 0 Å². The minimum absolute atomic E-state index is 0.544. The quantitative estimate of drug-likeness (QED) is 0.466. The van der Waals surface area contributed by atoms with E-state index in [1.54, 1.807) is 0 Å². The fourth-order valence-electron chi connectivity index (χ4n) is 3.98. The van der Waals surface area contributed by atoms with Crippen LogP contribution in [0.2, 0.25) is 0 Å². The molecule has 1 aromatic rings. The lowest BCUT2D eigenvalue weighted by molar-refractivity contribution is 0.458. The second-order valence-corrected chi connectivity index (χ2v) is 8.07. The maximum absolute atomic E-state index is 4.40. The molecule has 0 spiro atoms. The number of thiophene rings is 1. The molecule has 0 amide bonds. The van der Waals surface area contributed by atoms with Gasteiger partial charge < -0.3 is 15.5 Å². The molecule has 1 saturated heterocycles. The minimum Gasteiger partial charge on any atom is -0.363 e. The molecular formula is C19H32N4S. The summed E-state index contributed by atoms with van der Waals surface area (Å²) in [5, 5.41) is 10.7. The zero-order valence-electron chi connectivity index (χ0n) is 15.0. The summed E-state index contributed by atoms with van der Waals surface area (Å²) in [4.78, 5) is 6.90. The molecule has 2 aliphatic rings. The number of rotatable bonds is 6. The summed E-state index contributed by atoms with van der Waals surface area (Å²) in [6, 6.07) is 4.91. The van der Waals surface area contributed by atoms with Crippen molar-refractivity contribution < 1.29 is 0 Å². The van der Waals surface area contributed by atoms with Crippen molar-refractivity contribution in [2.24, 2.45) is 10.9 Å². The molecule has 0 atom stereocenters. The first kappa shape index (κ1) is 17.6. The predicted molar refractivity (Wildman–Crippen MR) is 105 cm³/mol. The number of anilines is 1. The molecule has 24 heavy (non-hydrogen) atoms. The minimum atomic E-state index is 0.544. The van der Waals surface area contributed by atoms with E-state index in [0.717, 1.165) is 31.5 Å². The molecule has 1 aliphatic carbocycles. The third kappa shape index (κ3) is 5.13. The average molecular weight is 349 g/mol. The number of guanidine groups is 1.